The molecule has 1 heterocycles. The Morgan fingerprint density at radius 3 is 2.71 bits per heavy atom. The molecule has 3 atom stereocenters. The predicted molar refractivity (Wildman–Crippen MR) is 88.8 cm³/mol. The number of rotatable bonds is 7. The molecule has 2 aliphatic rings. The quantitative estimate of drug-likeness (QED) is 0.811. The lowest BCUT2D eigenvalue weighted by molar-refractivity contribution is -0.128. The van der Waals surface area contributed by atoms with Gasteiger partial charge in [0.1, 0.15) is 17.6 Å². The fourth-order valence-electron chi connectivity index (χ4n) is 4.46. The van der Waals surface area contributed by atoms with E-state index in [0.717, 1.165) is 6.42 Å². The van der Waals surface area contributed by atoms with Crippen molar-refractivity contribution < 1.29 is 22.4 Å². The van der Waals surface area contributed by atoms with Crippen LogP contribution in [0.25, 0.3) is 0 Å². The van der Waals surface area contributed by atoms with Crippen molar-refractivity contribution in [2.24, 2.45) is 16.7 Å². The van der Waals surface area contributed by atoms with Crippen LogP contribution in [0.4, 0.5) is 0 Å². The van der Waals surface area contributed by atoms with E-state index in [0.29, 0.717) is 24.5 Å². The third kappa shape index (κ3) is 2.72. The van der Waals surface area contributed by atoms with E-state index in [-0.39, 0.29) is 23.5 Å². The van der Waals surface area contributed by atoms with Gasteiger partial charge < -0.3 is 9.15 Å². The van der Waals surface area contributed by atoms with Gasteiger partial charge in [-0.2, -0.15) is 0 Å². The summed E-state index contributed by atoms with van der Waals surface area (Å²) >= 11 is 0. The molecular formula is C17H25NO5S. The number of sulfonamides is 1. The zero-order valence-corrected chi connectivity index (χ0v) is 15.2. The molecule has 3 rings (SSSR count). The Labute approximate surface area is 143 Å². The highest BCUT2D eigenvalue weighted by Crippen LogP contribution is 2.64. The monoisotopic (exact) mass is 355 g/mol. The molecule has 2 bridgehead atoms. The van der Waals surface area contributed by atoms with Crippen LogP contribution in [0.3, 0.4) is 0 Å². The Kier molecular flexibility index (Phi) is 4.38. The molecule has 0 spiro atoms. The van der Waals surface area contributed by atoms with Crippen LogP contribution in [0.5, 0.6) is 0 Å². The van der Waals surface area contributed by atoms with Crippen LogP contribution in [0.2, 0.25) is 0 Å². The average molecular weight is 355 g/mol. The second kappa shape index (κ2) is 5.97. The smallest absolute Gasteiger partial charge is 0.212 e. The first-order valence-electron chi connectivity index (χ1n) is 8.29. The maximum absolute atomic E-state index is 12.6. The number of Topliss-reactive ketones (excluding diaryl/α,β-unsaturated/α-hetero) is 1. The minimum atomic E-state index is -3.60. The molecule has 0 radical (unpaired) electrons. The maximum Gasteiger partial charge on any atom is 0.212 e. The molecule has 0 aliphatic heterocycles. The van der Waals surface area contributed by atoms with Crippen LogP contribution in [-0.4, -0.2) is 33.6 Å². The highest BCUT2D eigenvalue weighted by atomic mass is 32.2. The summed E-state index contributed by atoms with van der Waals surface area (Å²) < 4.78 is 38.4. The third-order valence-corrected chi connectivity index (χ3v) is 7.69. The van der Waals surface area contributed by atoms with Crippen molar-refractivity contribution in [3.8, 4) is 0 Å². The Morgan fingerprint density at radius 1 is 1.46 bits per heavy atom. The Morgan fingerprint density at radius 2 is 2.21 bits per heavy atom. The van der Waals surface area contributed by atoms with E-state index < -0.39 is 21.5 Å². The van der Waals surface area contributed by atoms with Crippen molar-refractivity contribution in [2.75, 3.05) is 19.4 Å². The summed E-state index contributed by atoms with van der Waals surface area (Å²) in [4.78, 5) is 12.5. The number of ketones is 1. The summed E-state index contributed by atoms with van der Waals surface area (Å²) in [7, 11) is -2.10. The van der Waals surface area contributed by atoms with Gasteiger partial charge in [0.25, 0.3) is 0 Å². The molecule has 0 saturated heterocycles. The lowest BCUT2D eigenvalue weighted by Gasteiger charge is -2.36. The number of carbonyl (C=O) groups is 1. The van der Waals surface area contributed by atoms with Crippen LogP contribution in [0.1, 0.15) is 45.0 Å². The molecule has 0 aromatic carbocycles. The number of ether oxygens (including phenoxy) is 1. The van der Waals surface area contributed by atoms with Gasteiger partial charge in [-0.1, -0.05) is 13.8 Å². The van der Waals surface area contributed by atoms with Crippen molar-refractivity contribution in [3.05, 3.63) is 24.2 Å². The highest BCUT2D eigenvalue weighted by Gasteiger charge is 2.65. The molecule has 0 amide bonds. The summed E-state index contributed by atoms with van der Waals surface area (Å²) in [6.45, 7) is 4.15. The number of hydrogen-bond acceptors (Lipinski definition) is 5. The molecular weight excluding hydrogens is 330 g/mol. The standard InChI is InChI=1S/C17H25NO5S/c1-16(2)12-6-7-17(16,15(19)9-12)11-24(20,21)18-10-14(22-3)13-5-4-8-23-13/h4-5,8,12,14,18H,6-7,9-11H2,1-3H3. The molecule has 1 N–H and O–H groups in total. The molecule has 2 saturated carbocycles. The molecule has 2 aliphatic carbocycles. The van der Waals surface area contributed by atoms with Crippen LogP contribution in [0.15, 0.2) is 22.8 Å². The first kappa shape index (κ1) is 17.6. The van der Waals surface area contributed by atoms with E-state index in [1.54, 1.807) is 12.1 Å². The summed E-state index contributed by atoms with van der Waals surface area (Å²) in [5, 5.41) is 0. The van der Waals surface area contributed by atoms with Gasteiger partial charge in [-0.3, -0.25) is 4.79 Å². The molecule has 6 nitrogen and oxygen atoms in total. The van der Waals surface area contributed by atoms with Gasteiger partial charge in [0.05, 0.1) is 12.0 Å². The van der Waals surface area contributed by atoms with Gasteiger partial charge in [-0.15, -0.1) is 0 Å². The minimum Gasteiger partial charge on any atom is -0.467 e. The summed E-state index contributed by atoms with van der Waals surface area (Å²) in [5.74, 6) is 0.826. The molecule has 24 heavy (non-hydrogen) atoms. The van der Waals surface area contributed by atoms with Crippen LogP contribution in [0, 0.1) is 16.7 Å². The first-order chi connectivity index (χ1) is 11.2. The molecule has 2 fully saturated rings. The van der Waals surface area contributed by atoms with E-state index in [9.17, 15) is 13.2 Å². The fourth-order valence-corrected chi connectivity index (χ4v) is 6.29. The molecule has 1 aromatic heterocycles. The van der Waals surface area contributed by atoms with Crippen LogP contribution < -0.4 is 4.72 Å². The van der Waals surface area contributed by atoms with Crippen LogP contribution in [-0.2, 0) is 19.6 Å². The summed E-state index contributed by atoms with van der Waals surface area (Å²) in [6.07, 6.45) is 3.14. The van der Waals surface area contributed by atoms with E-state index >= 15 is 0 Å². The first-order valence-corrected chi connectivity index (χ1v) is 9.94. The van der Waals surface area contributed by atoms with Crippen molar-refractivity contribution in [1.82, 2.24) is 4.72 Å². The van der Waals surface area contributed by atoms with E-state index in [2.05, 4.69) is 4.72 Å². The molecule has 3 unspecified atom stereocenters. The minimum absolute atomic E-state index is 0.0838. The lowest BCUT2D eigenvalue weighted by atomic mass is 9.70. The molecule has 7 heteroatoms. The molecule has 134 valence electrons. The summed E-state index contributed by atoms with van der Waals surface area (Å²) in [6, 6.07) is 3.47. The summed E-state index contributed by atoms with van der Waals surface area (Å²) in [5.41, 5.74) is -1.02. The normalized spacial score (nSPS) is 30.0. The van der Waals surface area contributed by atoms with Gasteiger partial charge in [0, 0.05) is 25.5 Å². The van der Waals surface area contributed by atoms with E-state index in [1.807, 2.05) is 13.8 Å². The topological polar surface area (TPSA) is 85.6 Å². The Balaban J connectivity index is 1.71. The number of fused-ring (bicyclic) bond motifs is 2. The van der Waals surface area contributed by atoms with Crippen molar-refractivity contribution in [3.63, 3.8) is 0 Å². The van der Waals surface area contributed by atoms with Gasteiger partial charge in [-0.25, -0.2) is 13.1 Å². The van der Waals surface area contributed by atoms with Gasteiger partial charge in [0.2, 0.25) is 10.0 Å². The van der Waals surface area contributed by atoms with Gasteiger partial charge >= 0.3 is 0 Å². The van der Waals surface area contributed by atoms with Crippen molar-refractivity contribution in [2.45, 2.75) is 39.2 Å². The lowest BCUT2D eigenvalue weighted by Crippen LogP contribution is -2.46. The maximum atomic E-state index is 12.6. The van der Waals surface area contributed by atoms with Gasteiger partial charge in [-0.05, 0) is 36.3 Å². The van der Waals surface area contributed by atoms with E-state index in [1.165, 1.54) is 13.4 Å². The number of methoxy groups -OCH3 is 1. The Hall–Kier alpha value is -1.18. The molecule has 1 aromatic rings. The number of hydrogen-bond donors (Lipinski definition) is 1. The predicted octanol–water partition coefficient (Wildman–Crippen LogP) is 2.28. The van der Waals surface area contributed by atoms with Crippen molar-refractivity contribution >= 4 is 15.8 Å². The zero-order chi connectivity index (χ0) is 17.6. The number of nitrogens with one attached hydrogen (secondary N) is 1. The van der Waals surface area contributed by atoms with Crippen LogP contribution >= 0.6 is 0 Å². The van der Waals surface area contributed by atoms with E-state index in [4.69, 9.17) is 9.15 Å². The van der Waals surface area contributed by atoms with Crippen molar-refractivity contribution in [1.29, 1.82) is 0 Å². The largest absolute Gasteiger partial charge is 0.467 e. The second-order valence-corrected chi connectivity index (χ2v) is 9.32. The highest BCUT2D eigenvalue weighted by molar-refractivity contribution is 7.89. The average Bonchev–Trinajstić information content (AvgIpc) is 3.14. The fraction of sp³-hybridized carbons (Fsp3) is 0.706. The number of carbonyl (C=O) groups excluding carboxylic acids is 1. The van der Waals surface area contributed by atoms with Gasteiger partial charge in [0.15, 0.2) is 0 Å². The second-order valence-electron chi connectivity index (χ2n) is 7.51. The number of furan rings is 1. The third-order valence-electron chi connectivity index (χ3n) is 6.21. The zero-order valence-electron chi connectivity index (χ0n) is 14.4. The Bertz CT molecular complexity index is 709. The SMILES string of the molecule is COC(CNS(=O)(=O)CC12CCC(CC1=O)C2(C)C)c1ccco1.